The van der Waals surface area contributed by atoms with E-state index in [0.29, 0.717) is 11.3 Å². The quantitative estimate of drug-likeness (QED) is 0.706. The maximum Gasteiger partial charge on any atom is 0.411 e. The van der Waals surface area contributed by atoms with Crippen molar-refractivity contribution in [1.82, 2.24) is 10.2 Å². The molecule has 1 saturated heterocycles. The smallest absolute Gasteiger partial charge is 0.411 e. The number of carbonyl (C=O) groups is 3. The average molecular weight is 424 g/mol. The number of amides is 3. The molecule has 2 aromatic carbocycles. The lowest BCUT2D eigenvalue weighted by Gasteiger charge is -2.26. The summed E-state index contributed by atoms with van der Waals surface area (Å²) >= 11 is 0. The van der Waals surface area contributed by atoms with Gasteiger partial charge in [0.1, 0.15) is 0 Å². The van der Waals surface area contributed by atoms with Gasteiger partial charge in [-0.1, -0.05) is 48.9 Å². The van der Waals surface area contributed by atoms with Crippen molar-refractivity contribution in [2.75, 3.05) is 5.32 Å². The Bertz CT molecular complexity index is 958. The number of hydrogen-bond donors (Lipinski definition) is 2. The van der Waals surface area contributed by atoms with Crippen LogP contribution < -0.4 is 10.6 Å². The molecule has 1 aliphatic heterocycles. The Hall–Kier alpha value is -3.35. The van der Waals surface area contributed by atoms with Crippen molar-refractivity contribution < 1.29 is 19.1 Å². The van der Waals surface area contributed by atoms with Gasteiger partial charge in [-0.3, -0.25) is 14.5 Å². The van der Waals surface area contributed by atoms with Gasteiger partial charge in [-0.2, -0.15) is 0 Å². The summed E-state index contributed by atoms with van der Waals surface area (Å²) in [5.41, 5.74) is 3.26. The van der Waals surface area contributed by atoms with Crippen LogP contribution in [0, 0.1) is 6.92 Å². The molecule has 164 valence electrons. The molecule has 0 aromatic heterocycles. The second-order valence-corrected chi connectivity index (χ2v) is 7.99. The third kappa shape index (κ3) is 5.42. The average Bonchev–Trinajstić information content (AvgIpc) is 3.05. The summed E-state index contributed by atoms with van der Waals surface area (Å²) in [7, 11) is 0. The van der Waals surface area contributed by atoms with E-state index in [9.17, 15) is 14.4 Å². The second kappa shape index (κ2) is 9.64. The highest BCUT2D eigenvalue weighted by atomic mass is 16.6. The molecule has 1 fully saturated rings. The van der Waals surface area contributed by atoms with Gasteiger partial charge < -0.3 is 15.4 Å². The Morgan fingerprint density at radius 1 is 1.16 bits per heavy atom. The third-order valence-corrected chi connectivity index (χ3v) is 5.36. The number of aryl methyl sites for hydroxylation is 1. The third-order valence-electron chi connectivity index (χ3n) is 5.36. The van der Waals surface area contributed by atoms with Crippen molar-refractivity contribution in [2.24, 2.45) is 0 Å². The monoisotopic (exact) mass is 423 g/mol. The number of hydrogen-bond acceptors (Lipinski definition) is 4. The van der Waals surface area contributed by atoms with Gasteiger partial charge in [0.25, 0.3) is 0 Å². The molecule has 1 aliphatic rings. The van der Waals surface area contributed by atoms with Crippen molar-refractivity contribution in [2.45, 2.75) is 58.8 Å². The molecule has 3 atom stereocenters. The summed E-state index contributed by atoms with van der Waals surface area (Å²) in [6, 6.07) is 14.0. The van der Waals surface area contributed by atoms with Crippen LogP contribution in [0.4, 0.5) is 10.5 Å². The van der Waals surface area contributed by atoms with Gasteiger partial charge in [-0.05, 0) is 43.5 Å². The van der Waals surface area contributed by atoms with Crippen LogP contribution in [0.5, 0.6) is 0 Å². The van der Waals surface area contributed by atoms with Crippen LogP contribution in [0.2, 0.25) is 0 Å². The molecular weight excluding hydrogens is 394 g/mol. The molecule has 2 N–H and O–H groups in total. The highest BCUT2D eigenvalue weighted by Crippen LogP contribution is 2.35. The molecule has 0 spiro atoms. The number of ether oxygens (including phenoxy) is 1. The van der Waals surface area contributed by atoms with Crippen molar-refractivity contribution in [1.29, 1.82) is 0 Å². The summed E-state index contributed by atoms with van der Waals surface area (Å²) < 4.78 is 5.68. The first-order valence-electron chi connectivity index (χ1n) is 10.5. The number of cyclic esters (lactones) is 1. The molecule has 7 heteroatoms. The van der Waals surface area contributed by atoms with E-state index in [-0.39, 0.29) is 24.4 Å². The van der Waals surface area contributed by atoms with Gasteiger partial charge in [-0.15, -0.1) is 0 Å². The molecule has 7 nitrogen and oxygen atoms in total. The van der Waals surface area contributed by atoms with Crippen LogP contribution >= 0.6 is 0 Å². The van der Waals surface area contributed by atoms with Crippen molar-refractivity contribution in [3.05, 3.63) is 65.2 Å². The van der Waals surface area contributed by atoms with Crippen LogP contribution in [-0.2, 0) is 20.9 Å². The predicted octanol–water partition coefficient (Wildman–Crippen LogP) is 3.93. The number of anilines is 1. The fraction of sp³-hybridized carbons (Fsp3) is 0.375. The standard InChI is InChI=1S/C24H29N3O4/c1-5-16(3)25-23(29)21-22(19-7-6-8-20(13-19)26-17(4)28)31-24(30)27(21)14-18-11-9-15(2)10-12-18/h6-13,16,21-22H,5,14H2,1-4H3,(H,25,29)(H,26,28). The summed E-state index contributed by atoms with van der Waals surface area (Å²) in [6.45, 7) is 7.59. The summed E-state index contributed by atoms with van der Waals surface area (Å²) in [5.74, 6) is -0.463. The van der Waals surface area contributed by atoms with Crippen LogP contribution in [0.1, 0.15) is 50.0 Å². The largest absolute Gasteiger partial charge is 0.438 e. The Morgan fingerprint density at radius 3 is 2.52 bits per heavy atom. The van der Waals surface area contributed by atoms with Crippen LogP contribution in [0.3, 0.4) is 0 Å². The minimum absolute atomic E-state index is 0.0317. The molecule has 31 heavy (non-hydrogen) atoms. The number of benzene rings is 2. The maximum absolute atomic E-state index is 13.2. The lowest BCUT2D eigenvalue weighted by molar-refractivity contribution is -0.127. The minimum atomic E-state index is -0.824. The summed E-state index contributed by atoms with van der Waals surface area (Å²) in [6.07, 6.45) is -0.552. The summed E-state index contributed by atoms with van der Waals surface area (Å²) in [4.78, 5) is 38.9. The number of rotatable bonds is 7. The zero-order valence-corrected chi connectivity index (χ0v) is 18.3. The zero-order chi connectivity index (χ0) is 22.5. The fourth-order valence-electron chi connectivity index (χ4n) is 3.53. The molecule has 0 aliphatic carbocycles. The normalized spacial score (nSPS) is 19.0. The van der Waals surface area contributed by atoms with Gasteiger partial charge in [0.2, 0.25) is 11.8 Å². The number of nitrogens with one attached hydrogen (secondary N) is 2. The van der Waals surface area contributed by atoms with Gasteiger partial charge in [0.15, 0.2) is 12.1 Å². The summed E-state index contributed by atoms with van der Waals surface area (Å²) in [5, 5.41) is 5.71. The van der Waals surface area contributed by atoms with Crippen molar-refractivity contribution in [3.8, 4) is 0 Å². The van der Waals surface area contributed by atoms with Crippen molar-refractivity contribution in [3.63, 3.8) is 0 Å². The highest BCUT2D eigenvalue weighted by Gasteiger charge is 2.47. The first-order valence-corrected chi connectivity index (χ1v) is 10.5. The van der Waals surface area contributed by atoms with Crippen LogP contribution in [0.15, 0.2) is 48.5 Å². The van der Waals surface area contributed by atoms with Gasteiger partial charge in [-0.25, -0.2) is 4.79 Å². The minimum Gasteiger partial charge on any atom is -0.438 e. The molecule has 2 aromatic rings. The Balaban J connectivity index is 1.93. The van der Waals surface area contributed by atoms with E-state index in [1.807, 2.05) is 45.0 Å². The molecule has 3 rings (SSSR count). The highest BCUT2D eigenvalue weighted by molar-refractivity contribution is 5.90. The number of nitrogens with zero attached hydrogens (tertiary/aromatic N) is 1. The molecular formula is C24H29N3O4. The van der Waals surface area contributed by atoms with E-state index in [2.05, 4.69) is 10.6 Å². The van der Waals surface area contributed by atoms with Gasteiger partial charge >= 0.3 is 6.09 Å². The Morgan fingerprint density at radius 2 is 1.87 bits per heavy atom. The van der Waals surface area contributed by atoms with E-state index in [4.69, 9.17) is 4.74 Å². The van der Waals surface area contributed by atoms with E-state index < -0.39 is 18.2 Å². The van der Waals surface area contributed by atoms with E-state index in [0.717, 1.165) is 17.5 Å². The molecule has 0 bridgehead atoms. The molecule has 3 amide bonds. The number of carbonyl (C=O) groups excluding carboxylic acids is 3. The van der Waals surface area contributed by atoms with E-state index >= 15 is 0 Å². The van der Waals surface area contributed by atoms with Gasteiger partial charge in [0, 0.05) is 18.7 Å². The SMILES string of the molecule is CCC(C)NC(=O)C1C(c2cccc(NC(C)=O)c2)OC(=O)N1Cc1ccc(C)cc1. The maximum atomic E-state index is 13.2. The van der Waals surface area contributed by atoms with E-state index in [1.54, 1.807) is 24.3 Å². The predicted molar refractivity (Wildman–Crippen MR) is 118 cm³/mol. The molecule has 1 heterocycles. The molecule has 0 radical (unpaired) electrons. The Kier molecular flexibility index (Phi) is 6.95. The molecule has 3 unspecified atom stereocenters. The lowest BCUT2D eigenvalue weighted by atomic mass is 9.99. The fourth-order valence-corrected chi connectivity index (χ4v) is 3.53. The lowest BCUT2D eigenvalue weighted by Crippen LogP contribution is -2.48. The van der Waals surface area contributed by atoms with Gasteiger partial charge in [0.05, 0.1) is 6.54 Å². The Labute approximate surface area is 182 Å². The molecule has 0 saturated carbocycles. The van der Waals surface area contributed by atoms with Crippen LogP contribution in [-0.4, -0.2) is 34.9 Å². The first-order chi connectivity index (χ1) is 14.8. The van der Waals surface area contributed by atoms with E-state index in [1.165, 1.54) is 11.8 Å². The second-order valence-electron chi connectivity index (χ2n) is 7.99. The zero-order valence-electron chi connectivity index (χ0n) is 18.3. The van der Waals surface area contributed by atoms with Crippen molar-refractivity contribution >= 4 is 23.6 Å². The van der Waals surface area contributed by atoms with Crippen LogP contribution in [0.25, 0.3) is 0 Å². The first kappa shape index (κ1) is 22.3. The topological polar surface area (TPSA) is 87.7 Å².